The van der Waals surface area contributed by atoms with Crippen LogP contribution >= 0.6 is 0 Å². The van der Waals surface area contributed by atoms with Gasteiger partial charge in [0, 0.05) is 25.4 Å². The summed E-state index contributed by atoms with van der Waals surface area (Å²) in [7, 11) is 3.17. The predicted octanol–water partition coefficient (Wildman–Crippen LogP) is 3.82. The van der Waals surface area contributed by atoms with Crippen molar-refractivity contribution in [2.75, 3.05) is 29.3 Å². The number of rotatable bonds is 5. The van der Waals surface area contributed by atoms with Crippen LogP contribution in [0.1, 0.15) is 54.9 Å². The van der Waals surface area contributed by atoms with Gasteiger partial charge in [-0.2, -0.15) is 0 Å². The number of carbonyl (C=O) groups excluding carboxylic acids is 2. The van der Waals surface area contributed by atoms with E-state index in [4.69, 9.17) is 4.74 Å². The number of nitrogens with zero attached hydrogens (tertiary/aromatic N) is 4. The van der Waals surface area contributed by atoms with Crippen molar-refractivity contribution in [1.82, 2.24) is 9.97 Å². The maximum Gasteiger partial charge on any atom is 0.339 e. The van der Waals surface area contributed by atoms with Crippen molar-refractivity contribution in [3.8, 4) is 0 Å². The van der Waals surface area contributed by atoms with Gasteiger partial charge < -0.3 is 19.9 Å². The van der Waals surface area contributed by atoms with E-state index in [9.17, 15) is 9.59 Å². The number of aromatic nitrogens is 2. The van der Waals surface area contributed by atoms with Gasteiger partial charge in [0.05, 0.1) is 30.2 Å². The Kier molecular flexibility index (Phi) is 5.80. The number of methoxy groups -OCH3 is 1. The van der Waals surface area contributed by atoms with Crippen molar-refractivity contribution in [2.24, 2.45) is 0 Å². The van der Waals surface area contributed by atoms with Gasteiger partial charge in [-0.15, -0.1) is 0 Å². The Labute approximate surface area is 182 Å². The van der Waals surface area contributed by atoms with Gasteiger partial charge in [-0.1, -0.05) is 19.8 Å². The Hall–Kier alpha value is -3.16. The fourth-order valence-electron chi connectivity index (χ4n) is 4.66. The molecule has 164 valence electrons. The van der Waals surface area contributed by atoms with Crippen LogP contribution in [0.2, 0.25) is 0 Å². The topological polar surface area (TPSA) is 87.7 Å². The number of esters is 1. The lowest BCUT2D eigenvalue weighted by atomic mass is 10.0. The van der Waals surface area contributed by atoms with E-state index < -0.39 is 5.97 Å². The highest BCUT2D eigenvalue weighted by atomic mass is 16.5. The SMILES string of the molecule is CCC1C(=O)N(C)c2cnc(Nc3ncc(C(=O)OC)cc3C)cc2N1C1CCCC1. The number of amides is 1. The van der Waals surface area contributed by atoms with Gasteiger partial charge in [0.25, 0.3) is 0 Å². The minimum Gasteiger partial charge on any atom is -0.465 e. The van der Waals surface area contributed by atoms with E-state index in [1.165, 1.54) is 26.1 Å². The largest absolute Gasteiger partial charge is 0.465 e. The molecule has 2 aromatic rings. The number of nitrogens with one attached hydrogen (secondary N) is 1. The van der Waals surface area contributed by atoms with Gasteiger partial charge in [-0.05, 0) is 37.8 Å². The van der Waals surface area contributed by atoms with Crippen molar-refractivity contribution in [3.05, 3.63) is 35.7 Å². The number of anilines is 4. The van der Waals surface area contributed by atoms with E-state index in [0.717, 1.165) is 36.2 Å². The van der Waals surface area contributed by atoms with Crippen molar-refractivity contribution in [2.45, 2.75) is 58.0 Å². The second-order valence-corrected chi connectivity index (χ2v) is 8.23. The standard InChI is InChI=1S/C23H29N5O3/c1-5-17-22(29)27(3)19-13-24-20(11-18(19)28(17)16-8-6-7-9-16)26-21-14(2)10-15(12-25-21)23(30)31-4/h10-13,16-17H,5-9H2,1-4H3,(H,24,25,26). The first-order chi connectivity index (χ1) is 14.9. The Bertz CT molecular complexity index is 1000. The lowest BCUT2D eigenvalue weighted by Crippen LogP contribution is -2.55. The minimum absolute atomic E-state index is 0.125. The lowest BCUT2D eigenvalue weighted by Gasteiger charge is -2.44. The summed E-state index contributed by atoms with van der Waals surface area (Å²) in [6.07, 6.45) is 8.61. The molecule has 1 N–H and O–H groups in total. The summed E-state index contributed by atoms with van der Waals surface area (Å²) in [5.41, 5.74) is 3.08. The average Bonchev–Trinajstić information content (AvgIpc) is 3.31. The molecule has 1 atom stereocenters. The van der Waals surface area contributed by atoms with Gasteiger partial charge in [0.2, 0.25) is 5.91 Å². The van der Waals surface area contributed by atoms with Gasteiger partial charge in [0.15, 0.2) is 0 Å². The molecule has 2 aromatic heterocycles. The first kappa shape index (κ1) is 21.1. The number of hydrogen-bond acceptors (Lipinski definition) is 7. The summed E-state index contributed by atoms with van der Waals surface area (Å²) < 4.78 is 4.76. The molecule has 8 heteroatoms. The third-order valence-corrected chi connectivity index (χ3v) is 6.30. The van der Waals surface area contributed by atoms with Crippen molar-refractivity contribution >= 4 is 34.9 Å². The molecule has 1 aliphatic heterocycles. The van der Waals surface area contributed by atoms with Gasteiger partial charge in [-0.3, -0.25) is 4.79 Å². The van der Waals surface area contributed by atoms with Crippen molar-refractivity contribution < 1.29 is 14.3 Å². The van der Waals surface area contributed by atoms with E-state index >= 15 is 0 Å². The molecule has 4 rings (SSSR count). The second kappa shape index (κ2) is 8.53. The van der Waals surface area contributed by atoms with Crippen LogP contribution in [0.25, 0.3) is 0 Å². The number of pyridine rings is 2. The molecule has 1 saturated carbocycles. The number of fused-ring (bicyclic) bond motifs is 1. The molecule has 0 aromatic carbocycles. The smallest absolute Gasteiger partial charge is 0.339 e. The fourth-order valence-corrected chi connectivity index (χ4v) is 4.66. The Morgan fingerprint density at radius 3 is 2.58 bits per heavy atom. The molecule has 3 heterocycles. The summed E-state index contributed by atoms with van der Waals surface area (Å²) in [5.74, 6) is 0.987. The van der Waals surface area contributed by atoms with Crippen LogP contribution in [0.3, 0.4) is 0 Å². The number of ether oxygens (including phenoxy) is 1. The molecular formula is C23H29N5O3. The Morgan fingerprint density at radius 2 is 1.94 bits per heavy atom. The Morgan fingerprint density at radius 1 is 1.19 bits per heavy atom. The number of carbonyl (C=O) groups is 2. The van der Waals surface area contributed by atoms with E-state index in [2.05, 4.69) is 27.1 Å². The first-order valence-corrected chi connectivity index (χ1v) is 10.8. The zero-order valence-corrected chi connectivity index (χ0v) is 18.5. The fraction of sp³-hybridized carbons (Fsp3) is 0.478. The van der Waals surface area contributed by atoms with Crippen LogP contribution in [-0.2, 0) is 9.53 Å². The highest BCUT2D eigenvalue weighted by molar-refractivity contribution is 6.05. The van der Waals surface area contributed by atoms with Crippen LogP contribution in [0.15, 0.2) is 24.5 Å². The number of aryl methyl sites for hydroxylation is 1. The summed E-state index contributed by atoms with van der Waals surface area (Å²) in [6, 6.07) is 3.96. The minimum atomic E-state index is -0.417. The van der Waals surface area contributed by atoms with E-state index in [-0.39, 0.29) is 11.9 Å². The molecule has 1 aliphatic carbocycles. The quantitative estimate of drug-likeness (QED) is 0.732. The lowest BCUT2D eigenvalue weighted by molar-refractivity contribution is -0.120. The van der Waals surface area contributed by atoms with Crippen LogP contribution in [0.4, 0.5) is 23.0 Å². The summed E-state index contributed by atoms with van der Waals surface area (Å²) in [5, 5.41) is 3.27. The highest BCUT2D eigenvalue weighted by Crippen LogP contribution is 2.41. The van der Waals surface area contributed by atoms with Gasteiger partial charge in [0.1, 0.15) is 17.7 Å². The van der Waals surface area contributed by atoms with E-state index in [0.29, 0.717) is 23.2 Å². The number of likely N-dealkylation sites (N-methyl/N-ethyl adjacent to an activating group) is 1. The summed E-state index contributed by atoms with van der Waals surface area (Å²) >= 11 is 0. The van der Waals surface area contributed by atoms with E-state index in [1.54, 1.807) is 17.2 Å². The molecular weight excluding hydrogens is 394 g/mol. The van der Waals surface area contributed by atoms with Crippen LogP contribution < -0.4 is 15.1 Å². The second-order valence-electron chi connectivity index (χ2n) is 8.23. The van der Waals surface area contributed by atoms with Crippen LogP contribution in [0, 0.1) is 6.92 Å². The molecule has 8 nitrogen and oxygen atoms in total. The van der Waals surface area contributed by atoms with Crippen LogP contribution in [-0.4, -0.2) is 48.1 Å². The molecule has 0 bridgehead atoms. The molecule has 0 radical (unpaired) electrons. The molecule has 1 unspecified atom stereocenters. The summed E-state index contributed by atoms with van der Waals surface area (Å²) in [4.78, 5) is 37.7. The van der Waals surface area contributed by atoms with Crippen molar-refractivity contribution in [3.63, 3.8) is 0 Å². The molecule has 0 spiro atoms. The van der Waals surface area contributed by atoms with Crippen LogP contribution in [0.5, 0.6) is 0 Å². The van der Waals surface area contributed by atoms with Gasteiger partial charge in [-0.25, -0.2) is 14.8 Å². The highest BCUT2D eigenvalue weighted by Gasteiger charge is 2.40. The maximum atomic E-state index is 13.0. The molecule has 0 saturated heterocycles. The average molecular weight is 424 g/mol. The summed E-state index contributed by atoms with van der Waals surface area (Å²) in [6.45, 7) is 3.95. The maximum absolute atomic E-state index is 13.0. The Balaban J connectivity index is 1.69. The third-order valence-electron chi connectivity index (χ3n) is 6.30. The first-order valence-electron chi connectivity index (χ1n) is 10.8. The predicted molar refractivity (Wildman–Crippen MR) is 120 cm³/mol. The molecule has 31 heavy (non-hydrogen) atoms. The third kappa shape index (κ3) is 3.82. The van der Waals surface area contributed by atoms with Gasteiger partial charge >= 0.3 is 5.97 Å². The zero-order valence-electron chi connectivity index (χ0n) is 18.5. The monoisotopic (exact) mass is 423 g/mol. The zero-order chi connectivity index (χ0) is 22.1. The molecule has 2 aliphatic rings. The van der Waals surface area contributed by atoms with Crippen molar-refractivity contribution in [1.29, 1.82) is 0 Å². The van der Waals surface area contributed by atoms with E-state index in [1.807, 2.05) is 20.0 Å². The normalized spacial score (nSPS) is 18.8. The number of hydrogen-bond donors (Lipinski definition) is 1. The molecule has 1 amide bonds. The molecule has 1 fully saturated rings.